The first-order valence-electron chi connectivity index (χ1n) is 3.99. The molecule has 1 rings (SSSR count). The van der Waals surface area contributed by atoms with Crippen molar-refractivity contribution in [3.8, 4) is 0 Å². The van der Waals surface area contributed by atoms with E-state index in [9.17, 15) is 5.11 Å². The summed E-state index contributed by atoms with van der Waals surface area (Å²) in [5, 5.41) is 9.44. The van der Waals surface area contributed by atoms with Crippen LogP contribution in [0, 0.1) is 5.92 Å². The van der Waals surface area contributed by atoms with Gasteiger partial charge in [-0.3, -0.25) is 0 Å². The van der Waals surface area contributed by atoms with Crippen molar-refractivity contribution in [3.63, 3.8) is 0 Å². The highest BCUT2D eigenvalue weighted by Gasteiger charge is 2.26. The number of likely N-dealkylation sites (tertiary alicyclic amines) is 1. The van der Waals surface area contributed by atoms with Gasteiger partial charge in [0.15, 0.2) is 0 Å². The summed E-state index contributed by atoms with van der Waals surface area (Å²) in [6.07, 6.45) is 0.851. The van der Waals surface area contributed by atoms with Gasteiger partial charge in [0.2, 0.25) is 0 Å². The molecule has 0 radical (unpaired) electrons. The Morgan fingerprint density at radius 2 is 2.00 bits per heavy atom. The minimum Gasteiger partial charge on any atom is -0.393 e. The SMILES string of the molecule is C[C@@H]1CN(C)[C@@H](C)C[C@H]1O. The van der Waals surface area contributed by atoms with E-state index in [1.807, 2.05) is 0 Å². The lowest BCUT2D eigenvalue weighted by molar-refractivity contribution is 0.0175. The molecule has 1 aliphatic rings. The van der Waals surface area contributed by atoms with Crippen molar-refractivity contribution in [2.45, 2.75) is 32.4 Å². The van der Waals surface area contributed by atoms with Crippen LogP contribution in [-0.4, -0.2) is 35.7 Å². The Labute approximate surface area is 62.8 Å². The lowest BCUT2D eigenvalue weighted by Gasteiger charge is -2.37. The van der Waals surface area contributed by atoms with Gasteiger partial charge in [0.1, 0.15) is 0 Å². The molecule has 0 amide bonds. The second-order valence-corrected chi connectivity index (χ2v) is 3.57. The first-order valence-corrected chi connectivity index (χ1v) is 3.99. The standard InChI is InChI=1S/C8H17NO/c1-6-5-9(3)7(2)4-8(6)10/h6-8,10H,4-5H2,1-3H3/t6-,7+,8-/m1/s1. The summed E-state index contributed by atoms with van der Waals surface area (Å²) in [5.41, 5.74) is 0. The molecule has 0 aromatic carbocycles. The lowest BCUT2D eigenvalue weighted by Crippen LogP contribution is -2.45. The number of nitrogens with zero attached hydrogens (tertiary/aromatic N) is 1. The quantitative estimate of drug-likeness (QED) is 0.540. The molecule has 0 spiro atoms. The van der Waals surface area contributed by atoms with Crippen LogP contribution in [0.1, 0.15) is 20.3 Å². The number of rotatable bonds is 0. The molecule has 0 aromatic rings. The highest BCUT2D eigenvalue weighted by molar-refractivity contribution is 4.80. The predicted octanol–water partition coefficient (Wildman–Crippen LogP) is 0.707. The Morgan fingerprint density at radius 3 is 2.50 bits per heavy atom. The highest BCUT2D eigenvalue weighted by atomic mass is 16.3. The van der Waals surface area contributed by atoms with Gasteiger partial charge in [0, 0.05) is 12.6 Å². The molecule has 0 saturated carbocycles. The molecule has 0 bridgehead atoms. The van der Waals surface area contributed by atoms with E-state index in [2.05, 4.69) is 25.8 Å². The van der Waals surface area contributed by atoms with Crippen molar-refractivity contribution in [2.75, 3.05) is 13.6 Å². The highest BCUT2D eigenvalue weighted by Crippen LogP contribution is 2.19. The van der Waals surface area contributed by atoms with E-state index < -0.39 is 0 Å². The van der Waals surface area contributed by atoms with Gasteiger partial charge in [-0.2, -0.15) is 0 Å². The molecular formula is C8H17NO. The third kappa shape index (κ3) is 1.50. The molecule has 0 aliphatic carbocycles. The van der Waals surface area contributed by atoms with Gasteiger partial charge in [0.05, 0.1) is 6.10 Å². The smallest absolute Gasteiger partial charge is 0.0592 e. The predicted molar refractivity (Wildman–Crippen MR) is 41.9 cm³/mol. The molecule has 1 N–H and O–H groups in total. The first kappa shape index (κ1) is 8.02. The Balaban J connectivity index is 2.46. The Morgan fingerprint density at radius 1 is 1.40 bits per heavy atom. The van der Waals surface area contributed by atoms with Crippen LogP contribution < -0.4 is 0 Å². The van der Waals surface area contributed by atoms with Crippen molar-refractivity contribution in [1.29, 1.82) is 0 Å². The molecule has 1 heterocycles. The maximum absolute atomic E-state index is 9.44. The minimum absolute atomic E-state index is 0.0776. The topological polar surface area (TPSA) is 23.5 Å². The van der Waals surface area contributed by atoms with Gasteiger partial charge in [-0.1, -0.05) is 6.92 Å². The maximum atomic E-state index is 9.44. The Bertz CT molecular complexity index is 89.8. The van der Waals surface area contributed by atoms with Gasteiger partial charge in [-0.25, -0.2) is 0 Å². The van der Waals surface area contributed by atoms with Crippen LogP contribution in [0.2, 0.25) is 0 Å². The summed E-state index contributed by atoms with van der Waals surface area (Å²) >= 11 is 0. The van der Waals surface area contributed by atoms with Gasteiger partial charge >= 0.3 is 0 Å². The number of piperidine rings is 1. The van der Waals surface area contributed by atoms with E-state index in [-0.39, 0.29) is 6.10 Å². The molecule has 10 heavy (non-hydrogen) atoms. The van der Waals surface area contributed by atoms with Crippen LogP contribution in [0.5, 0.6) is 0 Å². The van der Waals surface area contributed by atoms with Crippen LogP contribution >= 0.6 is 0 Å². The third-order valence-corrected chi connectivity index (χ3v) is 2.57. The third-order valence-electron chi connectivity index (χ3n) is 2.57. The zero-order valence-electron chi connectivity index (χ0n) is 7.04. The van der Waals surface area contributed by atoms with Crippen LogP contribution in [0.25, 0.3) is 0 Å². The van der Waals surface area contributed by atoms with Gasteiger partial charge in [-0.15, -0.1) is 0 Å². The zero-order chi connectivity index (χ0) is 7.72. The number of hydrogen-bond donors (Lipinski definition) is 1. The fourth-order valence-electron chi connectivity index (χ4n) is 1.52. The fraction of sp³-hybridized carbons (Fsp3) is 1.00. The molecular weight excluding hydrogens is 126 g/mol. The van der Waals surface area contributed by atoms with E-state index in [0.717, 1.165) is 13.0 Å². The normalized spacial score (nSPS) is 43.8. The number of hydrogen-bond acceptors (Lipinski definition) is 2. The maximum Gasteiger partial charge on any atom is 0.0592 e. The first-order chi connectivity index (χ1) is 4.61. The Kier molecular flexibility index (Phi) is 2.32. The van der Waals surface area contributed by atoms with E-state index in [0.29, 0.717) is 12.0 Å². The van der Waals surface area contributed by atoms with Crippen molar-refractivity contribution in [2.24, 2.45) is 5.92 Å². The molecule has 0 aromatic heterocycles. The van der Waals surface area contributed by atoms with E-state index >= 15 is 0 Å². The summed E-state index contributed by atoms with van der Waals surface area (Å²) in [6, 6.07) is 0.547. The molecule has 2 heteroatoms. The molecule has 1 fully saturated rings. The largest absolute Gasteiger partial charge is 0.393 e. The van der Waals surface area contributed by atoms with Gasteiger partial charge in [-0.05, 0) is 26.3 Å². The fourth-order valence-corrected chi connectivity index (χ4v) is 1.52. The van der Waals surface area contributed by atoms with Crippen molar-refractivity contribution >= 4 is 0 Å². The summed E-state index contributed by atoms with van der Waals surface area (Å²) < 4.78 is 0. The minimum atomic E-state index is -0.0776. The Hall–Kier alpha value is -0.0800. The molecule has 1 aliphatic heterocycles. The van der Waals surface area contributed by atoms with E-state index in [1.54, 1.807) is 0 Å². The molecule has 60 valence electrons. The van der Waals surface area contributed by atoms with E-state index in [4.69, 9.17) is 0 Å². The average Bonchev–Trinajstić information content (AvgIpc) is 1.84. The van der Waals surface area contributed by atoms with Gasteiger partial charge < -0.3 is 10.0 Å². The average molecular weight is 143 g/mol. The molecule has 3 atom stereocenters. The van der Waals surface area contributed by atoms with Crippen LogP contribution in [0.4, 0.5) is 0 Å². The summed E-state index contributed by atoms with van der Waals surface area (Å²) in [4.78, 5) is 2.30. The number of aliphatic hydroxyl groups excluding tert-OH is 1. The molecule has 0 unspecified atom stereocenters. The summed E-state index contributed by atoms with van der Waals surface area (Å²) in [7, 11) is 2.12. The van der Waals surface area contributed by atoms with Crippen LogP contribution in [0.15, 0.2) is 0 Å². The lowest BCUT2D eigenvalue weighted by atomic mass is 9.93. The molecule has 1 saturated heterocycles. The number of aliphatic hydroxyl groups is 1. The summed E-state index contributed by atoms with van der Waals surface area (Å²) in [5.74, 6) is 0.446. The second kappa shape index (κ2) is 2.89. The molecule has 2 nitrogen and oxygen atoms in total. The van der Waals surface area contributed by atoms with Crippen LogP contribution in [0.3, 0.4) is 0 Å². The monoisotopic (exact) mass is 143 g/mol. The van der Waals surface area contributed by atoms with Crippen molar-refractivity contribution < 1.29 is 5.11 Å². The van der Waals surface area contributed by atoms with Crippen molar-refractivity contribution in [1.82, 2.24) is 4.90 Å². The van der Waals surface area contributed by atoms with Crippen molar-refractivity contribution in [3.05, 3.63) is 0 Å². The van der Waals surface area contributed by atoms with Gasteiger partial charge in [0.25, 0.3) is 0 Å². The van der Waals surface area contributed by atoms with E-state index in [1.165, 1.54) is 0 Å². The zero-order valence-corrected chi connectivity index (χ0v) is 7.04. The second-order valence-electron chi connectivity index (χ2n) is 3.57. The van der Waals surface area contributed by atoms with Crippen LogP contribution in [-0.2, 0) is 0 Å². The summed E-state index contributed by atoms with van der Waals surface area (Å²) in [6.45, 7) is 5.30.